The lowest BCUT2D eigenvalue weighted by Crippen LogP contribution is -2.53. The van der Waals surface area contributed by atoms with Crippen molar-refractivity contribution in [1.29, 1.82) is 0 Å². The minimum absolute atomic E-state index is 0.0650. The van der Waals surface area contributed by atoms with Gasteiger partial charge in [0.2, 0.25) is 0 Å². The van der Waals surface area contributed by atoms with Gasteiger partial charge in [0.15, 0.2) is 11.0 Å². The smallest absolute Gasteiger partial charge is 0.341 e. The van der Waals surface area contributed by atoms with Gasteiger partial charge in [0, 0.05) is 84.1 Å². The van der Waals surface area contributed by atoms with E-state index in [0.717, 1.165) is 34.6 Å². The van der Waals surface area contributed by atoms with E-state index in [1.54, 1.807) is 34.6 Å². The summed E-state index contributed by atoms with van der Waals surface area (Å²) in [5, 5.41) is 14.7. The zero-order valence-electron chi connectivity index (χ0n) is 32.5. The van der Waals surface area contributed by atoms with Gasteiger partial charge in [-0.1, -0.05) is 21.6 Å². The van der Waals surface area contributed by atoms with Crippen molar-refractivity contribution in [2.45, 2.75) is 81.7 Å². The van der Waals surface area contributed by atoms with E-state index < -0.39 is 29.4 Å². The predicted molar refractivity (Wildman–Crippen MR) is 226 cm³/mol. The van der Waals surface area contributed by atoms with Crippen molar-refractivity contribution in [3.63, 3.8) is 0 Å². The van der Waals surface area contributed by atoms with Crippen molar-refractivity contribution in [3.8, 4) is 22.8 Å². The molecule has 14 nitrogen and oxygen atoms in total. The molecule has 0 saturated carbocycles. The number of nitrogen functional groups attached to an aromatic ring is 2. The Labute approximate surface area is 342 Å². The number of nitrogens with zero attached hydrogens (tertiary/aromatic N) is 4. The first-order valence-electron chi connectivity index (χ1n) is 19.4. The summed E-state index contributed by atoms with van der Waals surface area (Å²) in [7, 11) is 5.11. The lowest BCUT2D eigenvalue weighted by Gasteiger charge is -2.42. The number of aromatic nitrogens is 2. The van der Waals surface area contributed by atoms with Crippen LogP contribution in [0.3, 0.4) is 0 Å². The van der Waals surface area contributed by atoms with Gasteiger partial charge in [-0.15, -0.1) is 0 Å². The molecule has 1 fully saturated rings. The molecule has 16 heteroatoms. The molecule has 5 aliphatic rings. The average Bonchev–Trinajstić information content (AvgIpc) is 3.49. The monoisotopic (exact) mass is 823 g/mol. The molecule has 58 heavy (non-hydrogen) atoms. The Balaban J connectivity index is 1.06. The average molecular weight is 824 g/mol. The lowest BCUT2D eigenvalue weighted by atomic mass is 9.86. The second-order valence-corrected chi connectivity index (χ2v) is 18.3. The number of epoxide rings is 1. The topological polar surface area (TPSA) is 204 Å². The Morgan fingerprint density at radius 3 is 2.78 bits per heavy atom. The molecule has 0 amide bonds. The van der Waals surface area contributed by atoms with Crippen LogP contribution in [0.4, 0.5) is 11.6 Å². The molecule has 302 valence electrons. The van der Waals surface area contributed by atoms with Crippen molar-refractivity contribution < 1.29 is 28.5 Å². The minimum atomic E-state index is -1.17. The molecule has 8 heterocycles. The summed E-state index contributed by atoms with van der Waals surface area (Å²) in [6.45, 7) is 5.43. The summed E-state index contributed by atoms with van der Waals surface area (Å²) in [5.41, 5.74) is 17.7. The number of ether oxygens (including phenoxy) is 3. The fourth-order valence-corrected chi connectivity index (χ4v) is 10.8. The molecule has 1 aromatic carbocycles. The fraction of sp³-hybridized carbons (Fsp3) is 0.405. The molecule has 6 N–H and O–H groups in total. The molecule has 9 rings (SSSR count). The number of carbonyl (C=O) groups excluding carboxylic acids is 1. The van der Waals surface area contributed by atoms with Gasteiger partial charge in [-0.3, -0.25) is 9.79 Å². The van der Waals surface area contributed by atoms with E-state index in [-0.39, 0.29) is 28.6 Å². The van der Waals surface area contributed by atoms with Gasteiger partial charge in [-0.2, -0.15) is 0 Å². The van der Waals surface area contributed by atoms with Crippen LogP contribution in [0, 0.1) is 6.92 Å². The number of anilines is 2. The van der Waals surface area contributed by atoms with Crippen LogP contribution in [0.1, 0.15) is 54.3 Å². The molecule has 3 aromatic heterocycles. The van der Waals surface area contributed by atoms with Crippen LogP contribution in [-0.2, 0) is 39.4 Å². The van der Waals surface area contributed by atoms with Gasteiger partial charge >= 0.3 is 5.97 Å². The van der Waals surface area contributed by atoms with Crippen molar-refractivity contribution >= 4 is 56.4 Å². The van der Waals surface area contributed by atoms with E-state index in [0.29, 0.717) is 84.7 Å². The number of nitrogens with one attached hydrogen (secondary N) is 1. The van der Waals surface area contributed by atoms with E-state index in [1.165, 1.54) is 11.6 Å². The molecule has 2 bridgehead atoms. The third-order valence-corrected chi connectivity index (χ3v) is 14.0. The van der Waals surface area contributed by atoms with Crippen LogP contribution in [0.25, 0.3) is 22.2 Å². The van der Waals surface area contributed by atoms with Gasteiger partial charge < -0.3 is 45.4 Å². The highest BCUT2D eigenvalue weighted by atomic mass is 33.1. The molecular formula is C42H45N7O7S2. The minimum Gasteiger partial charge on any atom is -0.507 e. The Bertz CT molecular complexity index is 2510. The number of aliphatic imine (C=N–C) groups is 1. The van der Waals surface area contributed by atoms with E-state index >= 15 is 0 Å². The maximum absolute atomic E-state index is 14.4. The summed E-state index contributed by atoms with van der Waals surface area (Å²) in [4.78, 5) is 43.6. The second kappa shape index (κ2) is 15.0. The number of phenolic OH excluding ortho intramolecular Hbond substituents is 1. The van der Waals surface area contributed by atoms with Crippen LogP contribution in [0.2, 0.25) is 0 Å². The molecule has 0 aliphatic carbocycles. The third kappa shape index (κ3) is 7.09. The van der Waals surface area contributed by atoms with Gasteiger partial charge in [-0.05, 0) is 70.1 Å². The van der Waals surface area contributed by atoms with Crippen LogP contribution in [-0.4, -0.2) is 81.5 Å². The molecule has 1 saturated heterocycles. The molecular weight excluding hydrogens is 779 g/mol. The number of nitrogens with two attached hydrogens (primary N) is 2. The zero-order chi connectivity index (χ0) is 40.3. The number of rotatable bonds is 5. The van der Waals surface area contributed by atoms with Crippen LogP contribution >= 0.6 is 21.6 Å². The van der Waals surface area contributed by atoms with Crippen molar-refractivity contribution in [2.24, 2.45) is 4.99 Å². The summed E-state index contributed by atoms with van der Waals surface area (Å²) in [6, 6.07) is 8.96. The Morgan fingerprint density at radius 2 is 1.95 bits per heavy atom. The zero-order valence-corrected chi connectivity index (χ0v) is 34.1. The number of phenols is 1. The normalized spacial score (nSPS) is 25.2. The van der Waals surface area contributed by atoms with Crippen molar-refractivity contribution in [1.82, 2.24) is 20.2 Å². The number of aryl methyl sites for hydroxylation is 2. The first kappa shape index (κ1) is 38.5. The number of fused-ring (bicyclic) bond motifs is 9. The highest BCUT2D eigenvalue weighted by Gasteiger charge is 2.63. The van der Waals surface area contributed by atoms with Crippen molar-refractivity contribution in [3.05, 3.63) is 92.2 Å². The standard InChI is InChI=1S/C42H45N7O7S2/c1-22-12-31(50)37-33(53-22)17-32-27(38(37)51)16-35-41(2,55-32)8-11-57-58-21-28-26(15-25(47-39(28)44)19-49-18-24-6-9-46-30(24)20-49)29-13-23(14-36(43)48-29)4-5-34-42(56-34,7-10-45-3)40(52)54-35/h6,9,12-15,17,20,34-35,45,51H,4-5,7-8,10-11,16,18-19,21H2,1-3H3,(H2,43,48)(H2,44,47)/t34-,35-,41+,42+/m1/s1. The van der Waals surface area contributed by atoms with E-state index in [1.807, 2.05) is 38.4 Å². The maximum Gasteiger partial charge on any atom is 0.341 e. The quantitative estimate of drug-likeness (QED) is 0.114. The Morgan fingerprint density at radius 1 is 1.09 bits per heavy atom. The van der Waals surface area contributed by atoms with Crippen molar-refractivity contribution in [2.75, 3.05) is 37.4 Å². The first-order chi connectivity index (χ1) is 27.9. The number of pyridine rings is 2. The maximum atomic E-state index is 14.4. The molecule has 0 unspecified atom stereocenters. The lowest BCUT2D eigenvalue weighted by molar-refractivity contribution is -0.169. The summed E-state index contributed by atoms with van der Waals surface area (Å²) >= 11 is 0. The third-order valence-electron chi connectivity index (χ3n) is 11.7. The molecule has 5 aliphatic heterocycles. The number of benzene rings is 1. The fourth-order valence-electron chi connectivity index (χ4n) is 8.45. The largest absolute Gasteiger partial charge is 0.507 e. The first-order valence-corrected chi connectivity index (χ1v) is 21.9. The number of esters is 1. The highest BCUT2D eigenvalue weighted by molar-refractivity contribution is 8.76. The van der Waals surface area contributed by atoms with Crippen LogP contribution < -0.4 is 26.9 Å². The molecule has 0 radical (unpaired) electrons. The number of allylic oxidation sites excluding steroid dienone is 1. The van der Waals surface area contributed by atoms with Crippen LogP contribution in [0.5, 0.6) is 11.5 Å². The summed E-state index contributed by atoms with van der Waals surface area (Å²) in [6.07, 6.45) is 6.83. The predicted octanol–water partition coefficient (Wildman–Crippen LogP) is 5.37. The Hall–Kier alpha value is -5.03. The van der Waals surface area contributed by atoms with E-state index in [9.17, 15) is 14.7 Å². The summed E-state index contributed by atoms with van der Waals surface area (Å²) < 4.78 is 25.3. The van der Waals surface area contributed by atoms with E-state index in [4.69, 9.17) is 40.1 Å². The number of hydrogen-bond donors (Lipinski definition) is 4. The number of aromatic hydroxyl groups is 1. The van der Waals surface area contributed by atoms with Gasteiger partial charge in [-0.25, -0.2) is 14.8 Å². The second-order valence-electron chi connectivity index (χ2n) is 15.7. The SMILES string of the molecule is CNCC[C@]12O[C@@H]1CCc1cc(N)nc(c1)-c1cc(CN3C=C4N=CC=C4C3)nc(N)c1CSSCC[C@]1(C)Oc3cc4oc(C)cc(=O)c4c(O)c3C[C@H]1OC2=O. The number of carbonyl (C=O) groups is 1. The van der Waals surface area contributed by atoms with E-state index in [2.05, 4.69) is 27.5 Å². The van der Waals surface area contributed by atoms with Crippen LogP contribution in [0.15, 0.2) is 68.1 Å². The molecule has 0 spiro atoms. The van der Waals surface area contributed by atoms with Gasteiger partial charge in [0.25, 0.3) is 0 Å². The molecule has 4 aromatic rings. The van der Waals surface area contributed by atoms with Gasteiger partial charge in [0.1, 0.15) is 51.6 Å². The molecule has 4 atom stereocenters. The Kier molecular flexibility index (Phi) is 9.93. The highest BCUT2D eigenvalue weighted by Crippen LogP contribution is 2.48. The number of hydrogen-bond acceptors (Lipinski definition) is 16. The summed E-state index contributed by atoms with van der Waals surface area (Å²) in [5.74, 6) is 2.07. The van der Waals surface area contributed by atoms with Gasteiger partial charge in [0.05, 0.1) is 29.7 Å².